The van der Waals surface area contributed by atoms with Gasteiger partial charge >= 0.3 is 0 Å². The van der Waals surface area contributed by atoms with E-state index in [0.717, 1.165) is 35.5 Å². The number of hydrogen-bond acceptors (Lipinski definition) is 0. The Kier molecular flexibility index (Phi) is 12.3. The summed E-state index contributed by atoms with van der Waals surface area (Å²) in [7, 11) is -3.27. The van der Waals surface area contributed by atoms with E-state index in [-0.39, 0.29) is 0 Å². The molecule has 0 bridgehead atoms. The Bertz CT molecular complexity index is 297. The summed E-state index contributed by atoms with van der Waals surface area (Å²) in [6.07, 6.45) is 0. The van der Waals surface area contributed by atoms with Crippen molar-refractivity contribution in [3.63, 3.8) is 0 Å². The van der Waals surface area contributed by atoms with Gasteiger partial charge in [-0.1, -0.05) is 83.1 Å². The van der Waals surface area contributed by atoms with Crippen molar-refractivity contribution < 1.29 is 0 Å². The summed E-state index contributed by atoms with van der Waals surface area (Å²) in [6, 6.07) is 8.45. The molecule has 0 aromatic heterocycles. The molecular weight excluding hydrogens is 358 g/mol. The van der Waals surface area contributed by atoms with Crippen molar-refractivity contribution in [3.05, 3.63) is 0 Å². The maximum atomic E-state index is 6.26. The molecule has 0 aliphatic carbocycles. The minimum absolute atomic E-state index is 0.779. The van der Waals surface area contributed by atoms with Crippen LogP contribution in [0, 0.1) is 35.5 Å². The summed E-state index contributed by atoms with van der Waals surface area (Å²) in [6.45, 7) is 29.3. The molecule has 0 spiro atoms. The van der Waals surface area contributed by atoms with Crippen LogP contribution in [-0.4, -0.2) is 16.5 Å². The lowest BCUT2D eigenvalue weighted by atomic mass is 10.2. The summed E-state index contributed by atoms with van der Waals surface area (Å²) < 4.78 is 6.26. The molecule has 0 fully saturated rings. The van der Waals surface area contributed by atoms with Crippen molar-refractivity contribution in [2.45, 2.75) is 119 Å². The highest BCUT2D eigenvalue weighted by atomic mass is 28.4. The first-order valence-electron chi connectivity index (χ1n) is 11.9. The van der Waals surface area contributed by atoms with Crippen LogP contribution in [0.4, 0.5) is 0 Å². The lowest BCUT2D eigenvalue weighted by Crippen LogP contribution is -2.62. The molecular formula is C24H54NSi2. The van der Waals surface area contributed by atoms with E-state index in [0.29, 0.717) is 0 Å². The summed E-state index contributed by atoms with van der Waals surface area (Å²) in [5.74, 6) is 4.68. The molecule has 1 radical (unpaired) electrons. The van der Waals surface area contributed by atoms with Gasteiger partial charge in [-0.2, -0.15) is 0 Å². The van der Waals surface area contributed by atoms with Crippen molar-refractivity contribution in [2.75, 3.05) is 0 Å². The van der Waals surface area contributed by atoms with Gasteiger partial charge in [0, 0.05) is 0 Å². The Labute approximate surface area is 176 Å². The van der Waals surface area contributed by atoms with E-state index in [4.69, 9.17) is 4.65 Å². The molecule has 0 unspecified atom stereocenters. The van der Waals surface area contributed by atoms with Crippen LogP contribution >= 0.6 is 0 Å². The predicted octanol–water partition coefficient (Wildman–Crippen LogP) is 8.42. The zero-order valence-electron chi connectivity index (χ0n) is 21.2. The Morgan fingerprint density at radius 2 is 0.519 bits per heavy atom. The molecule has 1 nitrogen and oxygen atoms in total. The van der Waals surface area contributed by atoms with Gasteiger partial charge in [-0.05, 0) is 71.8 Å². The standard InChI is InChI=1S/C24H54NSi2/c1-19(2)13-26(14-20(3)4,15-21(5)6)25-27(16-22(7)8,17-23(9)10)18-24(11)12/h19-24H,13-18H2,1-12H3. The minimum atomic E-state index is -1.63. The molecule has 0 saturated carbocycles. The first-order valence-corrected chi connectivity index (χ1v) is 17.1. The zero-order valence-corrected chi connectivity index (χ0v) is 23.2. The van der Waals surface area contributed by atoms with Gasteiger partial charge in [-0.15, -0.1) is 0 Å². The summed E-state index contributed by atoms with van der Waals surface area (Å²) in [5, 5.41) is 0. The van der Waals surface area contributed by atoms with E-state index in [1.54, 1.807) is 0 Å². The van der Waals surface area contributed by atoms with Gasteiger partial charge in [0.1, 0.15) is 16.5 Å². The fraction of sp³-hybridized carbons (Fsp3) is 1.00. The molecule has 0 heterocycles. The monoisotopic (exact) mass is 412 g/mol. The molecule has 0 saturated heterocycles. The van der Waals surface area contributed by atoms with Crippen LogP contribution in [0.1, 0.15) is 83.1 Å². The smallest absolute Gasteiger partial charge is 0.136 e. The molecule has 0 aromatic rings. The van der Waals surface area contributed by atoms with Crippen LogP contribution in [0.2, 0.25) is 36.3 Å². The van der Waals surface area contributed by atoms with E-state index in [1.165, 1.54) is 36.3 Å². The number of rotatable bonds is 14. The second-order valence-corrected chi connectivity index (χ2v) is 20.4. The normalized spacial score (nSPS) is 14.0. The molecule has 0 amide bonds. The fourth-order valence-electron chi connectivity index (χ4n) is 5.84. The van der Waals surface area contributed by atoms with Crippen LogP contribution in [0.3, 0.4) is 0 Å². The third-order valence-electron chi connectivity index (χ3n) is 5.20. The fourth-order valence-corrected chi connectivity index (χ4v) is 22.2. The van der Waals surface area contributed by atoms with Crippen LogP contribution in [-0.2, 0) is 0 Å². The van der Waals surface area contributed by atoms with E-state index < -0.39 is 16.5 Å². The minimum Gasteiger partial charge on any atom is -0.294 e. The predicted molar refractivity (Wildman–Crippen MR) is 132 cm³/mol. The van der Waals surface area contributed by atoms with E-state index in [9.17, 15) is 0 Å². The second kappa shape index (κ2) is 12.2. The van der Waals surface area contributed by atoms with Gasteiger partial charge in [0.05, 0.1) is 0 Å². The summed E-state index contributed by atoms with van der Waals surface area (Å²) in [5.41, 5.74) is 0. The number of nitrogens with zero attached hydrogens (tertiary/aromatic N) is 1. The molecule has 0 atom stereocenters. The Morgan fingerprint density at radius 1 is 0.370 bits per heavy atom. The van der Waals surface area contributed by atoms with Crippen molar-refractivity contribution in [3.8, 4) is 0 Å². The van der Waals surface area contributed by atoms with Gasteiger partial charge in [-0.25, -0.2) is 0 Å². The first kappa shape index (κ1) is 27.4. The molecule has 3 heteroatoms. The average Bonchev–Trinajstić information content (AvgIpc) is 2.30. The molecule has 0 aromatic carbocycles. The lowest BCUT2D eigenvalue weighted by molar-refractivity contribution is 0.611. The Hall–Kier alpha value is 0.394. The van der Waals surface area contributed by atoms with Crippen molar-refractivity contribution >= 4 is 16.5 Å². The highest BCUT2D eigenvalue weighted by Gasteiger charge is 2.46. The van der Waals surface area contributed by atoms with Gasteiger partial charge in [0.2, 0.25) is 0 Å². The lowest BCUT2D eigenvalue weighted by Gasteiger charge is -2.46. The topological polar surface area (TPSA) is 14.1 Å². The Morgan fingerprint density at radius 3 is 0.630 bits per heavy atom. The Balaban J connectivity index is 6.14. The first-order chi connectivity index (χ1) is 12.2. The quantitative estimate of drug-likeness (QED) is 0.254. The molecule has 27 heavy (non-hydrogen) atoms. The van der Waals surface area contributed by atoms with E-state index >= 15 is 0 Å². The van der Waals surface area contributed by atoms with Gasteiger partial charge < -0.3 is 0 Å². The largest absolute Gasteiger partial charge is 0.294 e. The highest BCUT2D eigenvalue weighted by molar-refractivity contribution is 6.93. The number of hydrogen-bond donors (Lipinski definition) is 0. The second-order valence-electron chi connectivity index (χ2n) is 12.1. The molecule has 0 aliphatic heterocycles. The van der Waals surface area contributed by atoms with Gasteiger partial charge in [0.15, 0.2) is 0 Å². The molecule has 0 N–H and O–H groups in total. The maximum absolute atomic E-state index is 6.26. The zero-order chi connectivity index (χ0) is 21.4. The van der Waals surface area contributed by atoms with Gasteiger partial charge in [-0.3, -0.25) is 4.65 Å². The van der Waals surface area contributed by atoms with E-state index in [2.05, 4.69) is 83.1 Å². The highest BCUT2D eigenvalue weighted by Crippen LogP contribution is 2.38. The summed E-state index contributed by atoms with van der Waals surface area (Å²) >= 11 is 0. The van der Waals surface area contributed by atoms with Crippen LogP contribution in [0.25, 0.3) is 0 Å². The maximum Gasteiger partial charge on any atom is 0.136 e. The third-order valence-corrected chi connectivity index (χ3v) is 18.5. The van der Waals surface area contributed by atoms with Crippen LogP contribution < -0.4 is 4.65 Å². The molecule has 163 valence electrons. The van der Waals surface area contributed by atoms with Gasteiger partial charge in [0.25, 0.3) is 0 Å². The van der Waals surface area contributed by atoms with Crippen molar-refractivity contribution in [1.82, 2.24) is 4.65 Å². The average molecular weight is 413 g/mol. The molecule has 0 aliphatic rings. The SMILES string of the molecule is CC(C)C[Si](CC(C)C)(CC(C)C)[N][Si](CC(C)C)(CC(C)C)CC(C)C. The van der Waals surface area contributed by atoms with Crippen molar-refractivity contribution in [1.29, 1.82) is 0 Å². The third kappa shape index (κ3) is 11.9. The van der Waals surface area contributed by atoms with Crippen LogP contribution in [0.5, 0.6) is 0 Å². The van der Waals surface area contributed by atoms with Crippen LogP contribution in [0.15, 0.2) is 0 Å². The van der Waals surface area contributed by atoms with Crippen molar-refractivity contribution in [2.24, 2.45) is 35.5 Å². The van der Waals surface area contributed by atoms with E-state index in [1.807, 2.05) is 0 Å². The summed E-state index contributed by atoms with van der Waals surface area (Å²) in [4.78, 5) is 0. The molecule has 0 rings (SSSR count).